The summed E-state index contributed by atoms with van der Waals surface area (Å²) in [6, 6.07) is 12.1. The molecule has 2 N–H and O–H groups in total. The molecule has 3 heterocycles. The van der Waals surface area contributed by atoms with Gasteiger partial charge in [-0.05, 0) is 61.4 Å². The molecule has 2 aliphatic heterocycles. The lowest BCUT2D eigenvalue weighted by atomic mass is 9.49. The number of nitrogens with one attached hydrogen (secondary N) is 1. The minimum Gasteiger partial charge on any atom is -0.507 e. The molecule has 264 valence electrons. The van der Waals surface area contributed by atoms with Crippen LogP contribution in [0, 0.1) is 23.7 Å². The number of phenols is 1. The summed E-state index contributed by atoms with van der Waals surface area (Å²) >= 11 is 12.5. The van der Waals surface area contributed by atoms with Crippen molar-refractivity contribution < 1.29 is 37.5 Å². The Bertz CT molecular complexity index is 2040. The van der Waals surface area contributed by atoms with Crippen molar-refractivity contribution in [2.24, 2.45) is 23.7 Å². The van der Waals surface area contributed by atoms with Crippen LogP contribution in [0.15, 0.2) is 79.0 Å². The summed E-state index contributed by atoms with van der Waals surface area (Å²) in [5.41, 5.74) is 1.56. The molecule has 0 radical (unpaired) electrons. The predicted molar refractivity (Wildman–Crippen MR) is 181 cm³/mol. The van der Waals surface area contributed by atoms with Gasteiger partial charge in [0.2, 0.25) is 11.8 Å². The highest BCUT2D eigenvalue weighted by molar-refractivity contribution is 6.33. The van der Waals surface area contributed by atoms with Gasteiger partial charge in [0.15, 0.2) is 5.82 Å². The molecule has 1 aromatic heterocycles. The number of amides is 4. The Morgan fingerprint density at radius 3 is 2.43 bits per heavy atom. The minimum atomic E-state index is -4.74. The lowest BCUT2D eigenvalue weighted by Gasteiger charge is -2.50. The number of aromatic hydroxyl groups is 1. The van der Waals surface area contributed by atoms with Gasteiger partial charge in [-0.1, -0.05) is 71.3 Å². The number of hydrazine groups is 1. The van der Waals surface area contributed by atoms with Crippen LogP contribution in [0.25, 0.3) is 0 Å². The van der Waals surface area contributed by atoms with Crippen molar-refractivity contribution in [1.29, 1.82) is 0 Å². The molecule has 3 fully saturated rings. The molecule has 2 aliphatic carbocycles. The fourth-order valence-corrected chi connectivity index (χ4v) is 9.00. The van der Waals surface area contributed by atoms with E-state index in [0.29, 0.717) is 44.6 Å². The Kier molecular flexibility index (Phi) is 8.53. The van der Waals surface area contributed by atoms with Crippen LogP contribution in [0.2, 0.25) is 10.0 Å². The van der Waals surface area contributed by atoms with E-state index in [1.807, 2.05) is 6.08 Å². The van der Waals surface area contributed by atoms with Crippen molar-refractivity contribution in [3.8, 4) is 5.75 Å². The second-order valence-electron chi connectivity index (χ2n) is 13.2. The van der Waals surface area contributed by atoms with E-state index >= 15 is 4.79 Å². The molecule has 0 bridgehead atoms. The van der Waals surface area contributed by atoms with Crippen molar-refractivity contribution in [2.75, 3.05) is 12.0 Å². The molecule has 4 amide bonds. The number of aromatic nitrogens is 1. The number of alkyl halides is 3. The number of pyridine rings is 1. The summed E-state index contributed by atoms with van der Waals surface area (Å²) in [5, 5.41) is 12.4. The van der Waals surface area contributed by atoms with Crippen LogP contribution in [0.4, 0.5) is 19.0 Å². The van der Waals surface area contributed by atoms with Gasteiger partial charge in [0, 0.05) is 29.2 Å². The zero-order valence-corrected chi connectivity index (χ0v) is 28.6. The van der Waals surface area contributed by atoms with Crippen molar-refractivity contribution in [3.05, 3.63) is 111 Å². The first-order valence-corrected chi connectivity index (χ1v) is 17.1. The number of benzene rings is 2. The van der Waals surface area contributed by atoms with Crippen LogP contribution in [0.5, 0.6) is 5.75 Å². The molecule has 2 saturated heterocycles. The molecule has 3 aromatic rings. The van der Waals surface area contributed by atoms with E-state index in [1.165, 1.54) is 4.90 Å². The SMILES string of the molecule is C=CCc1cccc([C@H]2C3=CC[C@@H]4C(=O)N(CC)C(=O)[C@@H]4[C@@H]3C[C@H]3C(=O)N(Nc4ncc(C(F)(F)F)cc4Cl)C(=O)[C@@]23c2ccc(Cl)cc2)c1O. The standard InChI is InChI=1S/C37H31Cl2F3N4O5/c1-3-6-18-7-5-8-24(30(18)47)29-22-13-14-23-28(34(50)45(4-2)32(23)48)25(22)16-26-33(49)46(35(51)36(26,29)19-9-11-21(38)12-10-19)44-31-27(39)15-20(17-43-31)37(40,41)42/h3,5,7-13,15,17,23,25-26,28-29,47H,1,4,6,14,16H2,2H3,(H,43,44)/t23-,25+,26-,28-,29+,36+/m0/s1. The van der Waals surface area contributed by atoms with Gasteiger partial charge < -0.3 is 5.11 Å². The molecule has 9 nitrogen and oxygen atoms in total. The van der Waals surface area contributed by atoms with Crippen molar-refractivity contribution in [2.45, 2.75) is 43.7 Å². The highest BCUT2D eigenvalue weighted by atomic mass is 35.5. The maximum absolute atomic E-state index is 15.2. The fourth-order valence-electron chi connectivity index (χ4n) is 8.67. The Balaban J connectivity index is 1.46. The van der Waals surface area contributed by atoms with Crippen LogP contribution in [0.1, 0.15) is 47.9 Å². The van der Waals surface area contributed by atoms with E-state index in [9.17, 15) is 32.7 Å². The Morgan fingerprint density at radius 1 is 1.06 bits per heavy atom. The van der Waals surface area contributed by atoms with Gasteiger partial charge in [-0.25, -0.2) is 4.98 Å². The van der Waals surface area contributed by atoms with Crippen molar-refractivity contribution in [1.82, 2.24) is 14.9 Å². The van der Waals surface area contributed by atoms with E-state index in [2.05, 4.69) is 17.0 Å². The van der Waals surface area contributed by atoms with Crippen molar-refractivity contribution in [3.63, 3.8) is 0 Å². The van der Waals surface area contributed by atoms with Gasteiger partial charge in [0.1, 0.15) is 5.75 Å². The number of anilines is 1. The molecular formula is C37H31Cl2F3N4O5. The third-order valence-corrected chi connectivity index (χ3v) is 11.3. The molecule has 51 heavy (non-hydrogen) atoms. The smallest absolute Gasteiger partial charge is 0.417 e. The van der Waals surface area contributed by atoms with Crippen molar-refractivity contribution >= 4 is 52.6 Å². The van der Waals surface area contributed by atoms with E-state index in [1.54, 1.807) is 55.5 Å². The third kappa shape index (κ3) is 5.17. The number of likely N-dealkylation sites (tertiary alicyclic amines) is 1. The molecule has 6 atom stereocenters. The number of rotatable bonds is 7. The molecule has 14 heteroatoms. The van der Waals surface area contributed by atoms with Gasteiger partial charge in [-0.15, -0.1) is 6.58 Å². The molecular weight excluding hydrogens is 708 g/mol. The van der Waals surface area contributed by atoms with Gasteiger partial charge in [0.05, 0.1) is 33.8 Å². The summed E-state index contributed by atoms with van der Waals surface area (Å²) < 4.78 is 40.3. The summed E-state index contributed by atoms with van der Waals surface area (Å²) in [5.74, 6) is -7.03. The summed E-state index contributed by atoms with van der Waals surface area (Å²) in [7, 11) is 0. The molecule has 2 aromatic carbocycles. The Morgan fingerprint density at radius 2 is 1.78 bits per heavy atom. The van der Waals surface area contributed by atoms with E-state index in [0.717, 1.165) is 0 Å². The average Bonchev–Trinajstić information content (AvgIpc) is 3.47. The number of hydrogen-bond donors (Lipinski definition) is 2. The summed E-state index contributed by atoms with van der Waals surface area (Å²) in [4.78, 5) is 62.2. The molecule has 0 spiro atoms. The maximum Gasteiger partial charge on any atom is 0.417 e. The molecule has 1 saturated carbocycles. The number of carbonyl (C=O) groups excluding carboxylic acids is 4. The second kappa shape index (κ2) is 12.5. The number of hydrogen-bond acceptors (Lipinski definition) is 7. The summed E-state index contributed by atoms with van der Waals surface area (Å²) in [6.07, 6.45) is -0.265. The lowest BCUT2D eigenvalue weighted by molar-refractivity contribution is -0.141. The number of allylic oxidation sites excluding steroid dienone is 3. The third-order valence-electron chi connectivity index (χ3n) is 10.8. The van der Waals surface area contributed by atoms with Crippen LogP contribution < -0.4 is 5.43 Å². The van der Waals surface area contributed by atoms with E-state index in [-0.39, 0.29) is 49.2 Å². The van der Waals surface area contributed by atoms with Gasteiger partial charge in [-0.2, -0.15) is 18.2 Å². The Labute approximate surface area is 300 Å². The Hall–Kier alpha value is -4.68. The molecule has 0 unspecified atom stereocenters. The monoisotopic (exact) mass is 738 g/mol. The first kappa shape index (κ1) is 34.8. The topological polar surface area (TPSA) is 120 Å². The quantitative estimate of drug-likeness (QED) is 0.201. The lowest BCUT2D eigenvalue weighted by Crippen LogP contribution is -2.53. The maximum atomic E-state index is 15.2. The number of carbonyl (C=O) groups is 4. The summed E-state index contributed by atoms with van der Waals surface area (Å²) in [6.45, 7) is 5.68. The zero-order chi connectivity index (χ0) is 36.6. The van der Waals surface area contributed by atoms with E-state index in [4.69, 9.17) is 23.2 Å². The number of phenolic OH excluding ortho intramolecular Hbond substituents is 1. The van der Waals surface area contributed by atoms with Crippen LogP contribution in [-0.4, -0.2) is 50.2 Å². The zero-order valence-electron chi connectivity index (χ0n) is 27.1. The fraction of sp³-hybridized carbons (Fsp3) is 0.324. The van der Waals surface area contributed by atoms with Crippen LogP contribution >= 0.6 is 23.2 Å². The second-order valence-corrected chi connectivity index (χ2v) is 14.0. The molecule has 7 rings (SSSR count). The number of halogens is 5. The number of fused-ring (bicyclic) bond motifs is 4. The number of imide groups is 2. The highest BCUT2D eigenvalue weighted by Gasteiger charge is 2.70. The van der Waals surface area contributed by atoms with Gasteiger partial charge in [0.25, 0.3) is 11.8 Å². The number of para-hydroxylation sites is 1. The first-order valence-electron chi connectivity index (χ1n) is 16.4. The van der Waals surface area contributed by atoms with Crippen LogP contribution in [0.3, 0.4) is 0 Å². The first-order chi connectivity index (χ1) is 24.2. The normalized spacial score (nSPS) is 27.3. The molecule has 4 aliphatic rings. The average molecular weight is 740 g/mol. The van der Waals surface area contributed by atoms with Gasteiger partial charge in [-0.3, -0.25) is 29.5 Å². The van der Waals surface area contributed by atoms with Crippen LogP contribution in [-0.2, 0) is 37.2 Å². The predicted octanol–water partition coefficient (Wildman–Crippen LogP) is 6.85. The van der Waals surface area contributed by atoms with E-state index < -0.39 is 63.6 Å². The largest absolute Gasteiger partial charge is 0.507 e. The minimum absolute atomic E-state index is 0.0211. The van der Waals surface area contributed by atoms with Gasteiger partial charge >= 0.3 is 6.18 Å². The number of nitrogens with zero attached hydrogens (tertiary/aromatic N) is 3. The highest BCUT2D eigenvalue weighted by Crippen LogP contribution is 2.65.